The lowest BCUT2D eigenvalue weighted by molar-refractivity contribution is -0.00554. The number of aromatic nitrogens is 2. The van der Waals surface area contributed by atoms with Crippen LogP contribution in [0.5, 0.6) is 0 Å². The van der Waals surface area contributed by atoms with Crippen LogP contribution >= 0.6 is 0 Å². The first-order chi connectivity index (χ1) is 9.11. The third kappa shape index (κ3) is 3.51. The van der Waals surface area contributed by atoms with E-state index in [1.54, 1.807) is 0 Å². The Morgan fingerprint density at radius 3 is 2.95 bits per heavy atom. The first kappa shape index (κ1) is 14.4. The molecular weight excluding hydrogens is 238 g/mol. The number of likely N-dealkylation sites (tertiary alicyclic amines) is 1. The Kier molecular flexibility index (Phi) is 4.88. The summed E-state index contributed by atoms with van der Waals surface area (Å²) >= 11 is 0. The van der Waals surface area contributed by atoms with Crippen molar-refractivity contribution in [3.63, 3.8) is 0 Å². The fraction of sp³-hybridized carbons (Fsp3) is 0.733. The molecule has 106 valence electrons. The molecule has 0 amide bonds. The zero-order chi connectivity index (χ0) is 13.8. The summed E-state index contributed by atoms with van der Waals surface area (Å²) in [4.78, 5) is 11.3. The van der Waals surface area contributed by atoms with Gasteiger partial charge in [0, 0.05) is 36.6 Å². The monoisotopic (exact) mass is 263 g/mol. The quantitative estimate of drug-likeness (QED) is 0.837. The summed E-state index contributed by atoms with van der Waals surface area (Å²) in [5.74, 6) is 0.847. The van der Waals surface area contributed by atoms with Crippen LogP contribution in [0.25, 0.3) is 0 Å². The predicted molar refractivity (Wildman–Crippen MR) is 76.1 cm³/mol. The van der Waals surface area contributed by atoms with E-state index in [9.17, 15) is 0 Å². The predicted octanol–water partition coefficient (Wildman–Crippen LogP) is 2.66. The largest absolute Gasteiger partial charge is 0.377 e. The van der Waals surface area contributed by atoms with Gasteiger partial charge in [-0.05, 0) is 47.1 Å². The van der Waals surface area contributed by atoms with Crippen LogP contribution in [0.15, 0.2) is 6.20 Å². The molecule has 0 bridgehead atoms. The molecule has 2 atom stereocenters. The first-order valence-electron chi connectivity index (χ1n) is 7.27. The highest BCUT2D eigenvalue weighted by Gasteiger charge is 2.25. The molecule has 2 rings (SSSR count). The van der Waals surface area contributed by atoms with Gasteiger partial charge in [0.05, 0.1) is 6.10 Å². The summed E-state index contributed by atoms with van der Waals surface area (Å²) in [7, 11) is 0. The highest BCUT2D eigenvalue weighted by Crippen LogP contribution is 2.26. The Bertz CT molecular complexity index is 420. The topological polar surface area (TPSA) is 38.2 Å². The van der Waals surface area contributed by atoms with Crippen molar-refractivity contribution in [2.24, 2.45) is 0 Å². The maximum atomic E-state index is 5.78. The van der Waals surface area contributed by atoms with Crippen LogP contribution in [-0.4, -0.2) is 40.7 Å². The van der Waals surface area contributed by atoms with Crippen molar-refractivity contribution in [2.45, 2.75) is 52.7 Å². The Morgan fingerprint density at radius 2 is 2.26 bits per heavy atom. The van der Waals surface area contributed by atoms with E-state index in [4.69, 9.17) is 4.74 Å². The minimum atomic E-state index is 0.365. The average molecular weight is 263 g/mol. The smallest absolute Gasteiger partial charge is 0.125 e. The van der Waals surface area contributed by atoms with Gasteiger partial charge < -0.3 is 4.74 Å². The van der Waals surface area contributed by atoms with Gasteiger partial charge in [-0.1, -0.05) is 0 Å². The van der Waals surface area contributed by atoms with E-state index in [-0.39, 0.29) is 0 Å². The minimum Gasteiger partial charge on any atom is -0.377 e. The van der Waals surface area contributed by atoms with E-state index in [2.05, 4.69) is 35.6 Å². The summed E-state index contributed by atoms with van der Waals surface area (Å²) in [6.45, 7) is 11.3. The number of hydrogen-bond acceptors (Lipinski definition) is 4. The molecule has 19 heavy (non-hydrogen) atoms. The first-order valence-corrected chi connectivity index (χ1v) is 7.27. The number of ether oxygens (including phenoxy) is 1. The molecule has 4 heteroatoms. The average Bonchev–Trinajstić information content (AvgIpc) is 2.39. The van der Waals surface area contributed by atoms with Crippen LogP contribution in [0, 0.1) is 13.8 Å². The lowest BCUT2D eigenvalue weighted by Gasteiger charge is -2.36. The highest BCUT2D eigenvalue weighted by atomic mass is 16.5. The Morgan fingerprint density at radius 1 is 1.47 bits per heavy atom. The number of rotatable bonds is 4. The normalized spacial score (nSPS) is 22.4. The molecule has 0 radical (unpaired) electrons. The van der Waals surface area contributed by atoms with Crippen LogP contribution in [0.2, 0.25) is 0 Å². The van der Waals surface area contributed by atoms with Gasteiger partial charge in [0.2, 0.25) is 0 Å². The van der Waals surface area contributed by atoms with Crippen molar-refractivity contribution in [2.75, 3.05) is 19.7 Å². The van der Waals surface area contributed by atoms with Gasteiger partial charge in [-0.25, -0.2) is 9.97 Å². The second-order valence-corrected chi connectivity index (χ2v) is 5.35. The molecule has 0 saturated carbocycles. The van der Waals surface area contributed by atoms with Crippen molar-refractivity contribution in [1.29, 1.82) is 0 Å². The zero-order valence-electron chi connectivity index (χ0n) is 12.5. The highest BCUT2D eigenvalue weighted by molar-refractivity contribution is 5.20. The van der Waals surface area contributed by atoms with Crippen molar-refractivity contribution >= 4 is 0 Å². The maximum absolute atomic E-state index is 5.78. The summed E-state index contributed by atoms with van der Waals surface area (Å²) in [5, 5.41) is 0. The molecule has 4 nitrogen and oxygen atoms in total. The molecule has 1 aliphatic heterocycles. The van der Waals surface area contributed by atoms with E-state index < -0.39 is 0 Å². The van der Waals surface area contributed by atoms with Gasteiger partial charge in [0.15, 0.2) is 0 Å². The van der Waals surface area contributed by atoms with Crippen LogP contribution in [0.4, 0.5) is 0 Å². The zero-order valence-corrected chi connectivity index (χ0v) is 12.5. The molecule has 0 N–H and O–H groups in total. The fourth-order valence-electron chi connectivity index (χ4n) is 2.89. The molecule has 0 aromatic carbocycles. The number of nitrogens with zero attached hydrogens (tertiary/aromatic N) is 3. The SMILES string of the molecule is CCO[C@@H]1CCCN([C@@H](C)c2cnc(C)nc2C)C1. The number of piperidine rings is 1. The molecule has 0 spiro atoms. The summed E-state index contributed by atoms with van der Waals surface area (Å²) < 4.78 is 5.78. The van der Waals surface area contributed by atoms with E-state index in [0.717, 1.165) is 31.2 Å². The molecule has 1 aliphatic rings. The van der Waals surface area contributed by atoms with E-state index in [1.165, 1.54) is 18.4 Å². The van der Waals surface area contributed by atoms with Gasteiger partial charge in [0.1, 0.15) is 5.82 Å². The second kappa shape index (κ2) is 6.44. The summed E-state index contributed by atoms with van der Waals surface area (Å²) in [6, 6.07) is 0.365. The molecule has 0 unspecified atom stereocenters. The number of hydrogen-bond donors (Lipinski definition) is 0. The molecule has 0 aliphatic carbocycles. The van der Waals surface area contributed by atoms with Crippen LogP contribution in [0.3, 0.4) is 0 Å². The van der Waals surface area contributed by atoms with Gasteiger partial charge in [-0.3, -0.25) is 4.90 Å². The Balaban J connectivity index is 2.07. The lowest BCUT2D eigenvalue weighted by Crippen LogP contribution is -2.41. The van der Waals surface area contributed by atoms with Crippen molar-refractivity contribution in [3.05, 3.63) is 23.3 Å². The third-order valence-electron chi connectivity index (χ3n) is 3.95. The standard InChI is InChI=1S/C15H25N3O/c1-5-19-14-7-6-8-18(10-14)12(3)15-9-16-13(4)17-11(15)2/h9,12,14H,5-8,10H2,1-4H3/t12-,14+/m0/s1. The molecule has 1 fully saturated rings. The van der Waals surface area contributed by atoms with E-state index >= 15 is 0 Å². The number of aryl methyl sites for hydroxylation is 2. The maximum Gasteiger partial charge on any atom is 0.125 e. The van der Waals surface area contributed by atoms with E-state index in [1.807, 2.05) is 13.1 Å². The van der Waals surface area contributed by atoms with Crippen molar-refractivity contribution in [1.82, 2.24) is 14.9 Å². The van der Waals surface area contributed by atoms with Crippen LogP contribution in [-0.2, 0) is 4.74 Å². The van der Waals surface area contributed by atoms with Crippen molar-refractivity contribution < 1.29 is 4.74 Å². The minimum absolute atomic E-state index is 0.365. The molecule has 2 heterocycles. The molecular formula is C15H25N3O. The summed E-state index contributed by atoms with van der Waals surface area (Å²) in [6.07, 6.45) is 4.75. The van der Waals surface area contributed by atoms with Gasteiger partial charge in [0.25, 0.3) is 0 Å². The van der Waals surface area contributed by atoms with Crippen LogP contribution in [0.1, 0.15) is 49.8 Å². The van der Waals surface area contributed by atoms with Crippen molar-refractivity contribution in [3.8, 4) is 0 Å². The lowest BCUT2D eigenvalue weighted by atomic mass is 10.0. The van der Waals surface area contributed by atoms with Gasteiger partial charge in [-0.15, -0.1) is 0 Å². The molecule has 1 aromatic heterocycles. The molecule has 1 aromatic rings. The Hall–Kier alpha value is -1.00. The third-order valence-corrected chi connectivity index (χ3v) is 3.95. The van der Waals surface area contributed by atoms with Crippen LogP contribution < -0.4 is 0 Å². The summed E-state index contributed by atoms with van der Waals surface area (Å²) in [5.41, 5.74) is 2.33. The van der Waals surface area contributed by atoms with E-state index in [0.29, 0.717) is 12.1 Å². The second-order valence-electron chi connectivity index (χ2n) is 5.35. The Labute approximate surface area is 116 Å². The van der Waals surface area contributed by atoms with Gasteiger partial charge >= 0.3 is 0 Å². The molecule has 1 saturated heterocycles. The van der Waals surface area contributed by atoms with Gasteiger partial charge in [-0.2, -0.15) is 0 Å². The fourth-order valence-corrected chi connectivity index (χ4v) is 2.89.